The molecule has 5 heteroatoms. The van der Waals surface area contributed by atoms with Gasteiger partial charge in [0.25, 0.3) is 0 Å². The average molecular weight is 211 g/mol. The van der Waals surface area contributed by atoms with Crippen molar-refractivity contribution in [2.24, 2.45) is 0 Å². The minimum Gasteiger partial charge on any atom is -0.285 e. The summed E-state index contributed by atoms with van der Waals surface area (Å²) in [6.45, 7) is 0. The van der Waals surface area contributed by atoms with E-state index in [9.17, 15) is 13.2 Å². The molecular weight excluding hydrogens is 205 g/mol. The van der Waals surface area contributed by atoms with Gasteiger partial charge in [-0.3, -0.25) is 5.10 Å². The van der Waals surface area contributed by atoms with Crippen LogP contribution < -0.4 is 0 Å². The minimum absolute atomic E-state index is 0.374. The van der Waals surface area contributed by atoms with Gasteiger partial charge in [0.2, 0.25) is 0 Å². The molecule has 0 saturated carbocycles. The zero-order chi connectivity index (χ0) is 10.9. The highest BCUT2D eigenvalue weighted by Gasteiger charge is 2.30. The second kappa shape index (κ2) is 3.42. The minimum atomic E-state index is -4.33. The van der Waals surface area contributed by atoms with Gasteiger partial charge in [-0.2, -0.15) is 18.3 Å². The molecule has 1 N–H and O–H groups in total. The van der Waals surface area contributed by atoms with E-state index in [1.165, 1.54) is 18.5 Å². The van der Waals surface area contributed by atoms with Gasteiger partial charge < -0.3 is 0 Å². The molecule has 0 atom stereocenters. The first-order valence-electron chi connectivity index (χ1n) is 4.15. The van der Waals surface area contributed by atoms with E-state index < -0.39 is 11.7 Å². The van der Waals surface area contributed by atoms with Crippen molar-refractivity contribution < 1.29 is 13.2 Å². The fourth-order valence-electron chi connectivity index (χ4n) is 1.21. The third-order valence-electron chi connectivity index (χ3n) is 1.94. The van der Waals surface area contributed by atoms with E-state index in [4.69, 9.17) is 0 Å². The van der Waals surface area contributed by atoms with E-state index in [0.717, 1.165) is 12.1 Å². The van der Waals surface area contributed by atoms with E-state index in [1.54, 1.807) is 0 Å². The number of halogens is 3. The number of hydrogen-bond acceptors (Lipinski definition) is 1. The molecular formula is C10H6F3N2. The SMILES string of the molecule is FC(F)(F)c1cc[c]c(-c2cn[nH]c2)c1. The van der Waals surface area contributed by atoms with Crippen molar-refractivity contribution in [2.75, 3.05) is 0 Å². The average Bonchev–Trinajstić information content (AvgIpc) is 2.69. The van der Waals surface area contributed by atoms with Crippen LogP contribution in [0.3, 0.4) is 0 Å². The van der Waals surface area contributed by atoms with Crippen molar-refractivity contribution in [3.63, 3.8) is 0 Å². The summed E-state index contributed by atoms with van der Waals surface area (Å²) >= 11 is 0. The maximum absolute atomic E-state index is 12.4. The molecule has 2 rings (SSSR count). The highest BCUT2D eigenvalue weighted by molar-refractivity contribution is 5.61. The normalized spacial score (nSPS) is 11.7. The first-order valence-corrected chi connectivity index (χ1v) is 4.15. The molecule has 0 amide bonds. The summed E-state index contributed by atoms with van der Waals surface area (Å²) in [5.74, 6) is 0. The second-order valence-electron chi connectivity index (χ2n) is 2.98. The van der Waals surface area contributed by atoms with Gasteiger partial charge in [0.05, 0.1) is 11.8 Å². The molecule has 2 nitrogen and oxygen atoms in total. The molecule has 1 heterocycles. The third kappa shape index (κ3) is 2.01. The molecule has 0 aliphatic heterocycles. The van der Waals surface area contributed by atoms with Crippen LogP contribution in [0.4, 0.5) is 13.2 Å². The Morgan fingerprint density at radius 2 is 2.13 bits per heavy atom. The molecule has 0 spiro atoms. The molecule has 0 aliphatic rings. The van der Waals surface area contributed by atoms with Crippen LogP contribution in [0.5, 0.6) is 0 Å². The number of nitrogens with one attached hydrogen (secondary N) is 1. The van der Waals surface area contributed by atoms with Crippen molar-refractivity contribution in [3.05, 3.63) is 42.2 Å². The lowest BCUT2D eigenvalue weighted by atomic mass is 10.1. The Balaban J connectivity index is 2.44. The summed E-state index contributed by atoms with van der Waals surface area (Å²) in [6.07, 6.45) is -1.36. The zero-order valence-electron chi connectivity index (χ0n) is 7.47. The van der Waals surface area contributed by atoms with Crippen LogP contribution in [0.2, 0.25) is 0 Å². The molecule has 0 unspecified atom stereocenters. The molecule has 0 bridgehead atoms. The number of aromatic nitrogens is 2. The monoisotopic (exact) mass is 211 g/mol. The standard InChI is InChI=1S/C10H6F3N2/c11-10(12,13)9-3-1-2-7(4-9)8-5-14-15-6-8/h1,3-6H,(H,14,15). The van der Waals surface area contributed by atoms with E-state index in [2.05, 4.69) is 16.3 Å². The van der Waals surface area contributed by atoms with Crippen LogP contribution in [0.1, 0.15) is 5.56 Å². The molecule has 1 aromatic heterocycles. The van der Waals surface area contributed by atoms with Gasteiger partial charge in [-0.15, -0.1) is 0 Å². The van der Waals surface area contributed by atoms with Crippen LogP contribution in [0, 0.1) is 6.07 Å². The van der Waals surface area contributed by atoms with E-state index in [0.29, 0.717) is 11.1 Å². The number of alkyl halides is 3. The van der Waals surface area contributed by atoms with Crippen LogP contribution in [-0.2, 0) is 6.18 Å². The van der Waals surface area contributed by atoms with Crippen LogP contribution in [-0.4, -0.2) is 10.2 Å². The Kier molecular flexibility index (Phi) is 2.22. The number of nitrogens with zero attached hydrogens (tertiary/aromatic N) is 1. The lowest BCUT2D eigenvalue weighted by Crippen LogP contribution is -2.04. The summed E-state index contributed by atoms with van der Waals surface area (Å²) in [5, 5.41) is 6.20. The Hall–Kier alpha value is -1.78. The smallest absolute Gasteiger partial charge is 0.285 e. The number of hydrogen-bond donors (Lipinski definition) is 1. The van der Waals surface area contributed by atoms with Gasteiger partial charge in [0, 0.05) is 11.8 Å². The molecule has 0 saturated heterocycles. The number of H-pyrrole nitrogens is 1. The molecule has 0 aliphatic carbocycles. The first kappa shape index (κ1) is 9.76. The zero-order valence-corrected chi connectivity index (χ0v) is 7.47. The number of aromatic amines is 1. The molecule has 77 valence electrons. The summed E-state index contributed by atoms with van der Waals surface area (Å²) in [6, 6.07) is 6.01. The summed E-state index contributed by atoms with van der Waals surface area (Å²) < 4.78 is 37.1. The largest absolute Gasteiger partial charge is 0.416 e. The lowest BCUT2D eigenvalue weighted by Gasteiger charge is -2.07. The van der Waals surface area contributed by atoms with E-state index in [1.807, 2.05) is 0 Å². The highest BCUT2D eigenvalue weighted by Crippen LogP contribution is 2.31. The van der Waals surface area contributed by atoms with Gasteiger partial charge in [0.15, 0.2) is 0 Å². The summed E-state index contributed by atoms with van der Waals surface area (Å²) in [7, 11) is 0. The van der Waals surface area contributed by atoms with Crippen LogP contribution in [0.15, 0.2) is 30.6 Å². The molecule has 1 aromatic carbocycles. The van der Waals surface area contributed by atoms with Gasteiger partial charge in [-0.1, -0.05) is 6.07 Å². The topological polar surface area (TPSA) is 28.7 Å². The van der Waals surface area contributed by atoms with Gasteiger partial charge in [-0.25, -0.2) is 0 Å². The second-order valence-corrected chi connectivity index (χ2v) is 2.98. The van der Waals surface area contributed by atoms with E-state index in [-0.39, 0.29) is 0 Å². The van der Waals surface area contributed by atoms with Crippen LogP contribution >= 0.6 is 0 Å². The fraction of sp³-hybridized carbons (Fsp3) is 0.100. The Morgan fingerprint density at radius 1 is 1.33 bits per heavy atom. The van der Waals surface area contributed by atoms with Gasteiger partial charge in [0.1, 0.15) is 0 Å². The maximum atomic E-state index is 12.4. The maximum Gasteiger partial charge on any atom is 0.416 e. The Bertz CT molecular complexity index is 446. The molecule has 2 aromatic rings. The predicted molar refractivity (Wildman–Crippen MR) is 47.9 cm³/mol. The third-order valence-corrected chi connectivity index (χ3v) is 1.94. The molecule has 0 fully saturated rings. The van der Waals surface area contributed by atoms with Gasteiger partial charge in [-0.05, 0) is 23.8 Å². The van der Waals surface area contributed by atoms with Crippen molar-refractivity contribution in [1.29, 1.82) is 0 Å². The number of benzene rings is 1. The molecule has 15 heavy (non-hydrogen) atoms. The van der Waals surface area contributed by atoms with E-state index >= 15 is 0 Å². The Labute approximate surface area is 83.7 Å². The highest BCUT2D eigenvalue weighted by atomic mass is 19.4. The van der Waals surface area contributed by atoms with Crippen molar-refractivity contribution in [3.8, 4) is 11.1 Å². The molecule has 1 radical (unpaired) electrons. The van der Waals surface area contributed by atoms with Gasteiger partial charge >= 0.3 is 6.18 Å². The number of rotatable bonds is 1. The summed E-state index contributed by atoms with van der Waals surface area (Å²) in [4.78, 5) is 0. The Morgan fingerprint density at radius 3 is 2.73 bits per heavy atom. The fourth-order valence-corrected chi connectivity index (χ4v) is 1.21. The van der Waals surface area contributed by atoms with Crippen molar-refractivity contribution >= 4 is 0 Å². The predicted octanol–water partition coefficient (Wildman–Crippen LogP) is 2.90. The van der Waals surface area contributed by atoms with Crippen molar-refractivity contribution in [1.82, 2.24) is 10.2 Å². The quantitative estimate of drug-likeness (QED) is 0.771. The summed E-state index contributed by atoms with van der Waals surface area (Å²) in [5.41, 5.74) is 0.275. The van der Waals surface area contributed by atoms with Crippen LogP contribution in [0.25, 0.3) is 11.1 Å². The van der Waals surface area contributed by atoms with Crippen molar-refractivity contribution in [2.45, 2.75) is 6.18 Å². The lowest BCUT2D eigenvalue weighted by molar-refractivity contribution is -0.137. The first-order chi connectivity index (χ1) is 7.07.